The van der Waals surface area contributed by atoms with Crippen molar-refractivity contribution in [2.24, 2.45) is 0 Å². The molecule has 3 aromatic rings. The van der Waals surface area contributed by atoms with E-state index in [4.69, 9.17) is 0 Å². The highest BCUT2D eigenvalue weighted by Gasteiger charge is 2.35. The second kappa shape index (κ2) is 5.79. The molecule has 0 amide bonds. The van der Waals surface area contributed by atoms with E-state index in [2.05, 4.69) is 4.98 Å². The van der Waals surface area contributed by atoms with Gasteiger partial charge in [-0.1, -0.05) is 36.4 Å². The first-order valence-electron chi connectivity index (χ1n) is 6.82. The highest BCUT2D eigenvalue weighted by molar-refractivity contribution is 7.90. The lowest BCUT2D eigenvalue weighted by Gasteiger charge is -2.14. The van der Waals surface area contributed by atoms with E-state index in [1.165, 1.54) is 42.5 Å². The number of benzene rings is 2. The molecule has 0 radical (unpaired) electrons. The van der Waals surface area contributed by atoms with Gasteiger partial charge < -0.3 is 0 Å². The van der Waals surface area contributed by atoms with Gasteiger partial charge in [-0.15, -0.1) is 0 Å². The van der Waals surface area contributed by atoms with Crippen LogP contribution in [0.4, 0.5) is 13.2 Å². The Balaban J connectivity index is 2.21. The molecule has 8 heteroatoms. The molecule has 0 aliphatic carbocycles. The molecule has 3 rings (SSSR count). The summed E-state index contributed by atoms with van der Waals surface area (Å²) in [6.45, 7) is 0. The van der Waals surface area contributed by atoms with Gasteiger partial charge in [0.05, 0.1) is 10.5 Å². The second-order valence-electron chi connectivity index (χ2n) is 4.91. The summed E-state index contributed by atoms with van der Waals surface area (Å²) in [6, 6.07) is 12.2. The van der Waals surface area contributed by atoms with Gasteiger partial charge in [0.25, 0.3) is 10.0 Å². The average Bonchev–Trinajstić information content (AvgIpc) is 3.05. The molecule has 1 aromatic heterocycles. The summed E-state index contributed by atoms with van der Waals surface area (Å²) >= 11 is 0. The fourth-order valence-electron chi connectivity index (χ4n) is 2.31. The molecular formula is C16H11F3N2O2S. The van der Waals surface area contributed by atoms with Crippen LogP contribution in [0.5, 0.6) is 0 Å². The molecule has 24 heavy (non-hydrogen) atoms. The molecule has 0 N–H and O–H groups in total. The quantitative estimate of drug-likeness (QED) is 0.720. The minimum Gasteiger partial charge on any atom is -0.236 e. The highest BCUT2D eigenvalue weighted by Crippen LogP contribution is 2.37. The lowest BCUT2D eigenvalue weighted by Crippen LogP contribution is -2.15. The van der Waals surface area contributed by atoms with Crippen molar-refractivity contribution in [3.8, 4) is 11.4 Å². The van der Waals surface area contributed by atoms with Crippen LogP contribution in [0.2, 0.25) is 0 Å². The summed E-state index contributed by atoms with van der Waals surface area (Å²) in [5.41, 5.74) is -1.24. The molecule has 0 atom stereocenters. The van der Waals surface area contributed by atoms with Crippen molar-refractivity contribution in [3.05, 3.63) is 72.6 Å². The van der Waals surface area contributed by atoms with E-state index in [1.54, 1.807) is 6.07 Å². The summed E-state index contributed by atoms with van der Waals surface area (Å²) in [4.78, 5) is 3.80. The normalized spacial score (nSPS) is 12.3. The SMILES string of the molecule is O=S(=O)(c1ccccc1)n1ccnc1-c1ccccc1C(F)(F)F. The fraction of sp³-hybridized carbons (Fsp3) is 0.0625. The minimum atomic E-state index is -4.62. The molecule has 0 fully saturated rings. The Bertz CT molecular complexity index is 964. The van der Waals surface area contributed by atoms with Crippen molar-refractivity contribution in [1.82, 2.24) is 8.96 Å². The molecule has 0 bridgehead atoms. The number of halogens is 3. The van der Waals surface area contributed by atoms with Crippen LogP contribution in [-0.4, -0.2) is 17.4 Å². The van der Waals surface area contributed by atoms with Crippen LogP contribution in [0.15, 0.2) is 71.9 Å². The Kier molecular flexibility index (Phi) is 3.92. The van der Waals surface area contributed by atoms with E-state index in [0.717, 1.165) is 22.4 Å². The van der Waals surface area contributed by atoms with Gasteiger partial charge >= 0.3 is 6.18 Å². The fourth-order valence-corrected chi connectivity index (χ4v) is 3.62. The first-order chi connectivity index (χ1) is 11.3. The number of alkyl halides is 3. The van der Waals surface area contributed by atoms with Crippen LogP contribution in [-0.2, 0) is 16.2 Å². The van der Waals surface area contributed by atoms with Crippen LogP contribution in [0.25, 0.3) is 11.4 Å². The van der Waals surface area contributed by atoms with Crippen molar-refractivity contribution in [1.29, 1.82) is 0 Å². The van der Waals surface area contributed by atoms with E-state index < -0.39 is 21.8 Å². The third-order valence-corrected chi connectivity index (χ3v) is 5.06. The lowest BCUT2D eigenvalue weighted by molar-refractivity contribution is -0.137. The number of rotatable bonds is 3. The van der Waals surface area contributed by atoms with Gasteiger partial charge in [-0.25, -0.2) is 17.4 Å². The van der Waals surface area contributed by atoms with Crippen LogP contribution >= 0.6 is 0 Å². The zero-order valence-electron chi connectivity index (χ0n) is 12.1. The average molecular weight is 352 g/mol. The highest BCUT2D eigenvalue weighted by atomic mass is 32.2. The molecule has 124 valence electrons. The maximum atomic E-state index is 13.2. The summed E-state index contributed by atoms with van der Waals surface area (Å²) in [5, 5.41) is 0. The van der Waals surface area contributed by atoms with Gasteiger partial charge in [0.15, 0.2) is 5.82 Å². The minimum absolute atomic E-state index is 0.0336. The molecule has 1 heterocycles. The predicted octanol–water partition coefficient (Wildman–Crippen LogP) is 3.81. The lowest BCUT2D eigenvalue weighted by atomic mass is 10.1. The van der Waals surface area contributed by atoms with Crippen molar-refractivity contribution < 1.29 is 21.6 Å². The second-order valence-corrected chi connectivity index (χ2v) is 6.72. The van der Waals surface area contributed by atoms with Gasteiger partial charge in [-0.3, -0.25) is 0 Å². The molecule has 2 aromatic carbocycles. The Morgan fingerprint density at radius 3 is 2.21 bits per heavy atom. The summed E-state index contributed by atoms with van der Waals surface area (Å²) in [7, 11) is -4.05. The predicted molar refractivity (Wildman–Crippen MR) is 81.7 cm³/mol. The smallest absolute Gasteiger partial charge is 0.236 e. The van der Waals surface area contributed by atoms with Gasteiger partial charge in [0.1, 0.15) is 0 Å². The molecule has 0 spiro atoms. The van der Waals surface area contributed by atoms with Crippen LogP contribution < -0.4 is 0 Å². The van der Waals surface area contributed by atoms with Crippen molar-refractivity contribution in [3.63, 3.8) is 0 Å². The number of hydrogen-bond donors (Lipinski definition) is 0. The molecule has 0 saturated heterocycles. The largest absolute Gasteiger partial charge is 0.417 e. The summed E-state index contributed by atoms with van der Waals surface area (Å²) < 4.78 is 65.8. The zero-order valence-corrected chi connectivity index (χ0v) is 12.9. The van der Waals surface area contributed by atoms with E-state index in [0.29, 0.717) is 0 Å². The van der Waals surface area contributed by atoms with E-state index in [1.807, 2.05) is 0 Å². The standard InChI is InChI=1S/C16H11F3N2O2S/c17-16(18,19)14-9-5-4-8-13(14)15-20-10-11-21(15)24(22,23)12-6-2-1-3-7-12/h1-11H. The van der Waals surface area contributed by atoms with Crippen molar-refractivity contribution in [2.75, 3.05) is 0 Å². The number of hydrogen-bond acceptors (Lipinski definition) is 3. The topological polar surface area (TPSA) is 52.0 Å². The van der Waals surface area contributed by atoms with Crippen molar-refractivity contribution in [2.45, 2.75) is 11.1 Å². The Labute approximate surface area is 136 Å². The molecule has 0 saturated carbocycles. The molecule has 4 nitrogen and oxygen atoms in total. The zero-order chi connectivity index (χ0) is 17.4. The van der Waals surface area contributed by atoms with E-state index in [9.17, 15) is 21.6 Å². The van der Waals surface area contributed by atoms with E-state index >= 15 is 0 Å². The molecule has 0 aliphatic heterocycles. The number of imidazole rings is 1. The molecule has 0 unspecified atom stereocenters. The third kappa shape index (κ3) is 2.80. The number of nitrogens with zero attached hydrogens (tertiary/aromatic N) is 2. The van der Waals surface area contributed by atoms with E-state index in [-0.39, 0.29) is 16.3 Å². The Hall–Kier alpha value is -2.61. The molecule has 0 aliphatic rings. The monoisotopic (exact) mass is 352 g/mol. The van der Waals surface area contributed by atoms with Crippen molar-refractivity contribution >= 4 is 10.0 Å². The third-order valence-electron chi connectivity index (χ3n) is 3.38. The van der Waals surface area contributed by atoms with Gasteiger partial charge in [-0.2, -0.15) is 13.2 Å². The summed E-state index contributed by atoms with van der Waals surface area (Å²) in [6.07, 6.45) is -2.34. The Morgan fingerprint density at radius 1 is 0.917 bits per heavy atom. The molecular weight excluding hydrogens is 341 g/mol. The Morgan fingerprint density at radius 2 is 1.54 bits per heavy atom. The maximum absolute atomic E-state index is 13.2. The first-order valence-corrected chi connectivity index (χ1v) is 8.26. The van der Waals surface area contributed by atoms with Crippen LogP contribution in [0, 0.1) is 0 Å². The van der Waals surface area contributed by atoms with Gasteiger partial charge in [-0.05, 0) is 18.2 Å². The van der Waals surface area contributed by atoms with Gasteiger partial charge in [0, 0.05) is 18.0 Å². The van der Waals surface area contributed by atoms with Crippen LogP contribution in [0.1, 0.15) is 5.56 Å². The number of aromatic nitrogens is 2. The first kappa shape index (κ1) is 16.3. The van der Waals surface area contributed by atoms with Gasteiger partial charge in [0.2, 0.25) is 0 Å². The maximum Gasteiger partial charge on any atom is 0.417 e. The van der Waals surface area contributed by atoms with Crippen LogP contribution in [0.3, 0.4) is 0 Å². The summed E-state index contributed by atoms with van der Waals surface area (Å²) in [5.74, 6) is -0.285.